The van der Waals surface area contributed by atoms with Crippen LogP contribution in [0.3, 0.4) is 0 Å². The molecule has 1 heterocycles. The van der Waals surface area contributed by atoms with Gasteiger partial charge in [0.1, 0.15) is 5.75 Å². The molecule has 1 N–H and O–H groups in total. The molecule has 1 amide bonds. The van der Waals surface area contributed by atoms with Gasteiger partial charge in [0, 0.05) is 6.54 Å². The van der Waals surface area contributed by atoms with Crippen LogP contribution in [0.5, 0.6) is 5.75 Å². The molecule has 0 aliphatic carbocycles. The number of ether oxygens (including phenoxy) is 1. The summed E-state index contributed by atoms with van der Waals surface area (Å²) in [6, 6.07) is 8.14. The van der Waals surface area contributed by atoms with E-state index in [0.29, 0.717) is 23.1 Å². The topological polar surface area (TPSA) is 41.6 Å². The summed E-state index contributed by atoms with van der Waals surface area (Å²) in [4.78, 5) is 12.1. The second-order valence-corrected chi connectivity index (χ2v) is 8.89. The predicted molar refractivity (Wildman–Crippen MR) is 116 cm³/mol. The van der Waals surface area contributed by atoms with Crippen molar-refractivity contribution in [2.75, 3.05) is 13.2 Å². The minimum Gasteiger partial charge on any atom is -0.494 e. The highest BCUT2D eigenvalue weighted by atomic mass is 19.4. The normalized spacial score (nSPS) is 17.7. The Morgan fingerprint density at radius 1 is 1.13 bits per heavy atom. The summed E-state index contributed by atoms with van der Waals surface area (Å²) in [6.45, 7) is 6.03. The smallest absolute Gasteiger partial charge is 0.409 e. The Bertz CT molecular complexity index is 911. The van der Waals surface area contributed by atoms with Crippen LogP contribution in [0.1, 0.15) is 64.5 Å². The Hall–Kier alpha value is -2.28. The molecule has 0 saturated carbocycles. The van der Waals surface area contributed by atoms with Gasteiger partial charge in [-0.3, -0.25) is 10.2 Å². The van der Waals surface area contributed by atoms with Gasteiger partial charge in [0.25, 0.3) is 0 Å². The average Bonchev–Trinajstić information content (AvgIpc) is 2.95. The van der Waals surface area contributed by atoms with Crippen molar-refractivity contribution in [1.29, 1.82) is 0 Å². The second-order valence-electron chi connectivity index (χ2n) is 8.89. The van der Waals surface area contributed by atoms with Gasteiger partial charge in [0.2, 0.25) is 5.91 Å². The van der Waals surface area contributed by atoms with E-state index in [-0.39, 0.29) is 12.1 Å². The fourth-order valence-corrected chi connectivity index (χ4v) is 4.01. The molecule has 0 spiro atoms. The van der Waals surface area contributed by atoms with Crippen molar-refractivity contribution >= 4 is 16.7 Å². The second kappa shape index (κ2) is 9.47. The van der Waals surface area contributed by atoms with Crippen molar-refractivity contribution in [3.05, 3.63) is 42.0 Å². The zero-order valence-electron chi connectivity index (χ0n) is 18.4. The molecular weight excluding hydrogens is 405 g/mol. The largest absolute Gasteiger partial charge is 0.494 e. The first-order valence-electron chi connectivity index (χ1n) is 10.9. The molecular formula is C24H31F3N2O2. The lowest BCUT2D eigenvalue weighted by atomic mass is 9.93. The number of hydrogen-bond acceptors (Lipinski definition) is 3. The predicted octanol–water partition coefficient (Wildman–Crippen LogP) is 6.17. The van der Waals surface area contributed by atoms with Crippen molar-refractivity contribution in [1.82, 2.24) is 10.4 Å². The number of halogens is 3. The molecule has 4 nitrogen and oxygen atoms in total. The SMILES string of the molecule is CCCCCCCOc1ccc2c(C(N3CC(C)(C)C(=O)N3)C(F)(F)F)cccc2c1. The summed E-state index contributed by atoms with van der Waals surface area (Å²) in [5, 5.41) is 2.19. The third-order valence-electron chi connectivity index (χ3n) is 5.74. The Morgan fingerprint density at radius 3 is 2.52 bits per heavy atom. The third-order valence-corrected chi connectivity index (χ3v) is 5.74. The molecule has 1 fully saturated rings. The summed E-state index contributed by atoms with van der Waals surface area (Å²) >= 11 is 0. The van der Waals surface area contributed by atoms with E-state index >= 15 is 0 Å². The Kier molecular flexibility index (Phi) is 7.14. The maximum Gasteiger partial charge on any atom is 0.409 e. The number of benzene rings is 2. The Balaban J connectivity index is 1.83. The molecule has 1 aliphatic heterocycles. The lowest BCUT2D eigenvalue weighted by Crippen LogP contribution is -2.43. The Morgan fingerprint density at radius 2 is 1.87 bits per heavy atom. The number of carbonyl (C=O) groups is 1. The highest BCUT2D eigenvalue weighted by Crippen LogP contribution is 2.43. The zero-order valence-corrected chi connectivity index (χ0v) is 18.4. The molecule has 0 radical (unpaired) electrons. The fraction of sp³-hybridized carbons (Fsp3) is 0.542. The molecule has 2 aromatic carbocycles. The molecule has 170 valence electrons. The highest BCUT2D eigenvalue weighted by Gasteiger charge is 2.51. The van der Waals surface area contributed by atoms with Gasteiger partial charge in [-0.25, -0.2) is 5.01 Å². The molecule has 0 aromatic heterocycles. The molecule has 31 heavy (non-hydrogen) atoms. The number of nitrogens with one attached hydrogen (secondary N) is 1. The van der Waals surface area contributed by atoms with Gasteiger partial charge in [0.15, 0.2) is 6.04 Å². The van der Waals surface area contributed by atoms with E-state index in [1.54, 1.807) is 44.2 Å². The molecule has 1 atom stereocenters. The number of unbranched alkanes of at least 4 members (excludes halogenated alkanes) is 4. The Labute approximate surface area is 181 Å². The van der Waals surface area contributed by atoms with E-state index in [0.717, 1.165) is 17.9 Å². The van der Waals surface area contributed by atoms with E-state index in [1.807, 2.05) is 0 Å². The van der Waals surface area contributed by atoms with Crippen LogP contribution in [0.4, 0.5) is 13.2 Å². The third kappa shape index (κ3) is 5.50. The molecule has 0 bridgehead atoms. The highest BCUT2D eigenvalue weighted by molar-refractivity contribution is 5.88. The first-order chi connectivity index (χ1) is 14.6. The van der Waals surface area contributed by atoms with E-state index < -0.39 is 23.5 Å². The first-order valence-corrected chi connectivity index (χ1v) is 10.9. The molecule has 1 aliphatic rings. The number of hydrogen-bond donors (Lipinski definition) is 1. The maximum absolute atomic E-state index is 14.1. The molecule has 3 rings (SSSR count). The lowest BCUT2D eigenvalue weighted by Gasteiger charge is -2.30. The number of nitrogens with zero attached hydrogens (tertiary/aromatic N) is 1. The number of fused-ring (bicyclic) bond motifs is 1. The zero-order chi connectivity index (χ0) is 22.6. The number of hydrazine groups is 1. The fourth-order valence-electron chi connectivity index (χ4n) is 4.01. The van der Waals surface area contributed by atoms with E-state index in [1.165, 1.54) is 25.3 Å². The lowest BCUT2D eigenvalue weighted by molar-refractivity contribution is -0.191. The van der Waals surface area contributed by atoms with Crippen LogP contribution < -0.4 is 10.2 Å². The summed E-state index contributed by atoms with van der Waals surface area (Å²) in [6.07, 6.45) is 1.10. The van der Waals surface area contributed by atoms with Crippen molar-refractivity contribution in [2.24, 2.45) is 5.41 Å². The first kappa shape index (κ1) is 23.4. The standard InChI is InChI=1S/C24H31F3N2O2/c1-4-5-6-7-8-14-31-18-12-13-19-17(15-18)10-9-11-20(19)21(24(25,26)27)29-16-23(2,3)22(30)28-29/h9-13,15,21H,4-8,14,16H2,1-3H3,(H,28,30). The summed E-state index contributed by atoms with van der Waals surface area (Å²) in [7, 11) is 0. The van der Waals surface area contributed by atoms with Gasteiger partial charge in [-0.05, 0) is 48.7 Å². The average molecular weight is 437 g/mol. The van der Waals surface area contributed by atoms with E-state index in [4.69, 9.17) is 4.74 Å². The number of rotatable bonds is 9. The van der Waals surface area contributed by atoms with Gasteiger partial charge < -0.3 is 4.74 Å². The van der Waals surface area contributed by atoms with Crippen molar-refractivity contribution in [3.8, 4) is 5.75 Å². The summed E-state index contributed by atoms with van der Waals surface area (Å²) in [5.74, 6) is 0.246. The minimum atomic E-state index is -4.55. The monoisotopic (exact) mass is 436 g/mol. The van der Waals surface area contributed by atoms with Gasteiger partial charge in [-0.2, -0.15) is 13.2 Å². The van der Waals surface area contributed by atoms with E-state index in [9.17, 15) is 18.0 Å². The van der Waals surface area contributed by atoms with Crippen LogP contribution in [-0.2, 0) is 4.79 Å². The van der Waals surface area contributed by atoms with E-state index in [2.05, 4.69) is 12.3 Å². The van der Waals surface area contributed by atoms with Crippen molar-refractivity contribution in [3.63, 3.8) is 0 Å². The van der Waals surface area contributed by atoms with Crippen molar-refractivity contribution in [2.45, 2.75) is 65.1 Å². The van der Waals surface area contributed by atoms with Crippen LogP contribution in [0.15, 0.2) is 36.4 Å². The van der Waals surface area contributed by atoms with Crippen LogP contribution in [0, 0.1) is 5.41 Å². The van der Waals surface area contributed by atoms with Gasteiger partial charge >= 0.3 is 6.18 Å². The minimum absolute atomic E-state index is 0.0222. The van der Waals surface area contributed by atoms with Gasteiger partial charge in [0.05, 0.1) is 12.0 Å². The summed E-state index contributed by atoms with van der Waals surface area (Å²) in [5.41, 5.74) is 1.66. The number of amides is 1. The van der Waals surface area contributed by atoms with Crippen LogP contribution in [0.2, 0.25) is 0 Å². The maximum atomic E-state index is 14.1. The van der Waals surface area contributed by atoms with Crippen LogP contribution in [0.25, 0.3) is 10.8 Å². The molecule has 1 saturated heterocycles. The molecule has 2 aromatic rings. The molecule has 1 unspecified atom stereocenters. The van der Waals surface area contributed by atoms with Crippen LogP contribution in [-0.4, -0.2) is 30.2 Å². The van der Waals surface area contributed by atoms with Crippen LogP contribution >= 0.6 is 0 Å². The number of alkyl halides is 3. The molecule has 7 heteroatoms. The quantitative estimate of drug-likeness (QED) is 0.478. The van der Waals surface area contributed by atoms with Gasteiger partial charge in [-0.15, -0.1) is 0 Å². The summed E-state index contributed by atoms with van der Waals surface area (Å²) < 4.78 is 48.2. The number of carbonyl (C=O) groups excluding carboxylic acids is 1. The van der Waals surface area contributed by atoms with Gasteiger partial charge in [-0.1, -0.05) is 56.9 Å². The van der Waals surface area contributed by atoms with Crippen molar-refractivity contribution < 1.29 is 22.7 Å².